The van der Waals surface area contributed by atoms with Crippen molar-refractivity contribution in [3.05, 3.63) is 30.0 Å². The summed E-state index contributed by atoms with van der Waals surface area (Å²) in [5.41, 5.74) is 1.57. The van der Waals surface area contributed by atoms with Crippen LogP contribution in [0.4, 0.5) is 0 Å². The third kappa shape index (κ3) is 16.8. The highest BCUT2D eigenvalue weighted by Gasteiger charge is 2.29. The van der Waals surface area contributed by atoms with Gasteiger partial charge in [0, 0.05) is 44.4 Å². The molecule has 296 valence electrons. The lowest BCUT2D eigenvalue weighted by Crippen LogP contribution is -2.51. The molecule has 1 heterocycles. The summed E-state index contributed by atoms with van der Waals surface area (Å²) < 4.78 is 38.0. The molecule has 3 unspecified atom stereocenters. The number of carbonyl (C=O) groups is 6. The predicted molar refractivity (Wildman–Crippen MR) is 191 cm³/mol. The third-order valence-electron chi connectivity index (χ3n) is 7.73. The zero-order valence-electron chi connectivity index (χ0n) is 31.0. The number of benzene rings is 1. The normalized spacial score (nSPS) is 14.5. The molecule has 6 N–H and O–H groups in total. The lowest BCUT2D eigenvalue weighted by atomic mass is 9.98. The van der Waals surface area contributed by atoms with E-state index in [4.69, 9.17) is 23.3 Å². The standard InChI is InChI=1S/C34H52N5O13P/c1-7-9-13-48-26-10-11-29-28(16-26)25(17-36-29)15-31(43)39-32(21(3)8-2)34(45)35-12-14-50-53(46,47)51-20-30(38-22(4)40)33(44)37-18-27(52-24(6)42)19-49-23(5)41/h10-11,16-17,21,27,30,32,36H,7-9,12-15,18-20H2,1-6H3,(H,35,45)(H,37,44)(H,38,40)(H,39,43)(H,46,47)/t21-,27?,30?,32-/m0/s1. The Labute approximate surface area is 308 Å². The number of aromatic nitrogens is 1. The second-order valence-electron chi connectivity index (χ2n) is 12.3. The molecule has 0 bridgehead atoms. The number of phosphoric acid groups is 1. The zero-order valence-corrected chi connectivity index (χ0v) is 31.9. The van der Waals surface area contributed by atoms with Crippen LogP contribution >= 0.6 is 7.82 Å². The van der Waals surface area contributed by atoms with Crippen LogP contribution in [0.3, 0.4) is 0 Å². The summed E-state index contributed by atoms with van der Waals surface area (Å²) in [7, 11) is -4.80. The van der Waals surface area contributed by atoms with Crippen molar-refractivity contribution in [1.29, 1.82) is 0 Å². The Kier molecular flexibility index (Phi) is 19.0. The van der Waals surface area contributed by atoms with E-state index in [1.54, 1.807) is 13.1 Å². The number of amides is 4. The Morgan fingerprint density at radius 2 is 1.66 bits per heavy atom. The lowest BCUT2D eigenvalue weighted by molar-refractivity contribution is -0.156. The average molecular weight is 770 g/mol. The van der Waals surface area contributed by atoms with E-state index in [1.807, 2.05) is 25.1 Å². The Morgan fingerprint density at radius 1 is 0.925 bits per heavy atom. The van der Waals surface area contributed by atoms with Crippen LogP contribution in [-0.2, 0) is 58.3 Å². The first kappa shape index (κ1) is 44.7. The molecule has 18 nitrogen and oxygen atoms in total. The van der Waals surface area contributed by atoms with Crippen molar-refractivity contribution in [2.75, 3.05) is 39.5 Å². The Bertz CT molecular complexity index is 1600. The minimum Gasteiger partial charge on any atom is -0.494 e. The van der Waals surface area contributed by atoms with E-state index >= 15 is 0 Å². The van der Waals surface area contributed by atoms with Gasteiger partial charge in [0.2, 0.25) is 23.6 Å². The van der Waals surface area contributed by atoms with E-state index in [9.17, 15) is 38.2 Å². The van der Waals surface area contributed by atoms with Gasteiger partial charge in [-0.2, -0.15) is 0 Å². The molecule has 5 atom stereocenters. The summed E-state index contributed by atoms with van der Waals surface area (Å²) in [6.07, 6.45) is 3.20. The zero-order chi connectivity index (χ0) is 39.6. The van der Waals surface area contributed by atoms with Crippen LogP contribution in [-0.4, -0.2) is 103 Å². The molecule has 2 rings (SSSR count). The minimum atomic E-state index is -4.80. The average Bonchev–Trinajstić information content (AvgIpc) is 3.49. The van der Waals surface area contributed by atoms with Crippen molar-refractivity contribution in [1.82, 2.24) is 26.3 Å². The van der Waals surface area contributed by atoms with Gasteiger partial charge < -0.3 is 45.4 Å². The maximum absolute atomic E-state index is 13.1. The summed E-state index contributed by atoms with van der Waals surface area (Å²) in [6.45, 7) is 7.56. The summed E-state index contributed by atoms with van der Waals surface area (Å²) in [4.78, 5) is 86.5. The number of rotatable bonds is 24. The van der Waals surface area contributed by atoms with Crippen molar-refractivity contribution in [3.8, 4) is 5.75 Å². The highest BCUT2D eigenvalue weighted by Crippen LogP contribution is 2.42. The van der Waals surface area contributed by atoms with E-state index in [0.717, 1.165) is 50.1 Å². The molecule has 19 heteroatoms. The Hall–Kier alpha value is -4.51. The van der Waals surface area contributed by atoms with Crippen LogP contribution in [0.2, 0.25) is 0 Å². The van der Waals surface area contributed by atoms with E-state index in [0.29, 0.717) is 18.8 Å². The fraction of sp³-hybridized carbons (Fsp3) is 0.588. The van der Waals surface area contributed by atoms with E-state index in [1.165, 1.54) is 0 Å². The number of phosphoric ester groups is 1. The van der Waals surface area contributed by atoms with Crippen LogP contribution in [0.5, 0.6) is 5.75 Å². The molecular weight excluding hydrogens is 717 g/mol. The number of aromatic amines is 1. The van der Waals surface area contributed by atoms with Crippen LogP contribution in [0, 0.1) is 5.92 Å². The molecule has 0 aliphatic carbocycles. The van der Waals surface area contributed by atoms with Crippen LogP contribution < -0.4 is 26.0 Å². The number of H-pyrrole nitrogens is 1. The highest BCUT2D eigenvalue weighted by atomic mass is 31.2. The summed E-state index contributed by atoms with van der Waals surface area (Å²) in [5, 5.41) is 10.9. The monoisotopic (exact) mass is 769 g/mol. The SMILES string of the molecule is CCCCOc1ccc2[nH]cc(CC(=O)N[C@H](C(=O)NCCOP(=O)(O)OCC(NC(C)=O)C(=O)NCC(COC(C)=O)OC(C)=O)[C@@H](C)CC)c2c1. The third-order valence-corrected chi connectivity index (χ3v) is 8.72. The molecule has 53 heavy (non-hydrogen) atoms. The van der Waals surface area contributed by atoms with Crippen LogP contribution in [0.1, 0.15) is 66.4 Å². The topological polar surface area (TPSA) is 250 Å². The Morgan fingerprint density at radius 3 is 2.30 bits per heavy atom. The van der Waals surface area contributed by atoms with Gasteiger partial charge in [-0.15, -0.1) is 0 Å². The second-order valence-corrected chi connectivity index (χ2v) is 13.7. The van der Waals surface area contributed by atoms with Crippen molar-refractivity contribution in [3.63, 3.8) is 0 Å². The lowest BCUT2D eigenvalue weighted by Gasteiger charge is -2.24. The van der Waals surface area contributed by atoms with E-state index in [2.05, 4.69) is 33.2 Å². The first-order valence-corrected chi connectivity index (χ1v) is 18.8. The van der Waals surface area contributed by atoms with Crippen LogP contribution in [0.15, 0.2) is 24.4 Å². The number of carbonyl (C=O) groups excluding carboxylic acids is 6. The number of esters is 2. The van der Waals surface area contributed by atoms with Crippen LogP contribution in [0.25, 0.3) is 10.9 Å². The molecular formula is C34H52N5O13P. The first-order valence-electron chi connectivity index (χ1n) is 17.3. The molecule has 4 amide bonds. The number of hydrogen-bond acceptors (Lipinski definition) is 12. The maximum Gasteiger partial charge on any atom is 0.472 e. The summed E-state index contributed by atoms with van der Waals surface area (Å²) >= 11 is 0. The fourth-order valence-corrected chi connectivity index (χ4v) is 5.56. The largest absolute Gasteiger partial charge is 0.494 e. The fourth-order valence-electron chi connectivity index (χ4n) is 4.82. The van der Waals surface area contributed by atoms with Gasteiger partial charge in [0.25, 0.3) is 0 Å². The van der Waals surface area contributed by atoms with E-state index in [-0.39, 0.29) is 37.9 Å². The van der Waals surface area contributed by atoms with Gasteiger partial charge in [0.15, 0.2) is 6.10 Å². The van der Waals surface area contributed by atoms with Gasteiger partial charge >= 0.3 is 19.8 Å². The van der Waals surface area contributed by atoms with Gasteiger partial charge in [-0.3, -0.25) is 37.8 Å². The van der Waals surface area contributed by atoms with Gasteiger partial charge in [-0.25, -0.2) is 4.57 Å². The van der Waals surface area contributed by atoms with Gasteiger partial charge in [0.05, 0.1) is 32.8 Å². The van der Waals surface area contributed by atoms with Gasteiger partial charge in [0.1, 0.15) is 24.4 Å². The number of unbranched alkanes of at least 4 members (excludes halogenated alkanes) is 1. The molecule has 0 radical (unpaired) electrons. The van der Waals surface area contributed by atoms with Crippen molar-refractivity contribution >= 4 is 54.3 Å². The number of ether oxygens (including phenoxy) is 3. The maximum atomic E-state index is 13.1. The second kappa shape index (κ2) is 22.5. The van der Waals surface area contributed by atoms with Gasteiger partial charge in [-0.05, 0) is 36.1 Å². The van der Waals surface area contributed by atoms with Crippen molar-refractivity contribution < 1.29 is 61.5 Å². The summed E-state index contributed by atoms with van der Waals surface area (Å²) in [6, 6.07) is 3.24. The van der Waals surface area contributed by atoms with Gasteiger partial charge in [-0.1, -0.05) is 33.6 Å². The predicted octanol–water partition coefficient (Wildman–Crippen LogP) is 1.79. The van der Waals surface area contributed by atoms with Crippen molar-refractivity contribution in [2.24, 2.45) is 5.92 Å². The molecule has 0 spiro atoms. The molecule has 0 fully saturated rings. The quantitative estimate of drug-likeness (QED) is 0.0507. The molecule has 1 aromatic carbocycles. The van der Waals surface area contributed by atoms with E-state index < -0.39 is 68.9 Å². The minimum absolute atomic E-state index is 0.00529. The molecule has 0 saturated carbocycles. The molecule has 0 aliphatic heterocycles. The Balaban J connectivity index is 1.91. The smallest absolute Gasteiger partial charge is 0.472 e. The number of hydrogen-bond donors (Lipinski definition) is 6. The molecule has 0 aliphatic rings. The number of fused-ring (bicyclic) bond motifs is 1. The molecule has 2 aromatic rings. The number of nitrogens with one attached hydrogen (secondary N) is 5. The summed E-state index contributed by atoms with van der Waals surface area (Å²) in [5.74, 6) is -3.32. The highest BCUT2D eigenvalue weighted by molar-refractivity contribution is 7.47. The molecule has 1 aromatic heterocycles. The van der Waals surface area contributed by atoms with Crippen molar-refractivity contribution in [2.45, 2.75) is 85.4 Å². The molecule has 0 saturated heterocycles. The first-order chi connectivity index (χ1) is 25.0.